The molecule has 0 aromatic rings. The van der Waals surface area contributed by atoms with Crippen LogP contribution in [0, 0.1) is 22.7 Å². The van der Waals surface area contributed by atoms with Crippen molar-refractivity contribution in [2.45, 2.75) is 46.0 Å². The number of nitriles is 1. The first-order valence-electron chi connectivity index (χ1n) is 7.25. The summed E-state index contributed by atoms with van der Waals surface area (Å²) in [5.41, 5.74) is 0.188. The first-order chi connectivity index (χ1) is 8.97. The first-order valence-corrected chi connectivity index (χ1v) is 9.07. The van der Waals surface area contributed by atoms with Crippen LogP contribution in [0.1, 0.15) is 46.0 Å². The van der Waals surface area contributed by atoms with Crippen molar-refractivity contribution < 1.29 is 8.42 Å². The van der Waals surface area contributed by atoms with E-state index in [1.165, 1.54) is 0 Å². The zero-order valence-corrected chi connectivity index (χ0v) is 12.9. The second-order valence-electron chi connectivity index (χ2n) is 5.77. The van der Waals surface area contributed by atoms with Crippen LogP contribution in [0.25, 0.3) is 0 Å². The predicted molar refractivity (Wildman–Crippen MR) is 77.5 cm³/mol. The van der Waals surface area contributed by atoms with Crippen molar-refractivity contribution >= 4 is 9.84 Å². The van der Waals surface area contributed by atoms with Gasteiger partial charge in [0.25, 0.3) is 0 Å². The molecule has 0 aliphatic carbocycles. The van der Waals surface area contributed by atoms with Gasteiger partial charge in [-0.3, -0.25) is 0 Å². The zero-order chi connectivity index (χ0) is 14.4. The Bertz CT molecular complexity index is 408. The quantitative estimate of drug-likeness (QED) is 0.742. The van der Waals surface area contributed by atoms with E-state index in [0.29, 0.717) is 17.9 Å². The maximum atomic E-state index is 11.4. The maximum absolute atomic E-state index is 11.4. The van der Waals surface area contributed by atoms with Crippen LogP contribution in [0.2, 0.25) is 0 Å². The Morgan fingerprint density at radius 1 is 1.37 bits per heavy atom. The second-order valence-corrected chi connectivity index (χ2v) is 7.99. The van der Waals surface area contributed by atoms with E-state index in [1.807, 2.05) is 0 Å². The molecule has 0 aromatic carbocycles. The van der Waals surface area contributed by atoms with Gasteiger partial charge in [0.15, 0.2) is 9.84 Å². The molecule has 0 amide bonds. The lowest BCUT2D eigenvalue weighted by molar-refractivity contribution is 0.227. The van der Waals surface area contributed by atoms with Crippen molar-refractivity contribution in [3.8, 4) is 6.07 Å². The average Bonchev–Trinajstić information content (AvgIpc) is 2.73. The third kappa shape index (κ3) is 5.12. The van der Waals surface area contributed by atoms with Gasteiger partial charge in [0.1, 0.15) is 0 Å². The predicted octanol–water partition coefficient (Wildman–Crippen LogP) is 2.12. The molecule has 0 saturated carbocycles. The molecule has 5 heteroatoms. The van der Waals surface area contributed by atoms with E-state index >= 15 is 0 Å². The molecule has 1 aliphatic heterocycles. The highest BCUT2D eigenvalue weighted by Gasteiger charge is 2.29. The van der Waals surface area contributed by atoms with E-state index in [-0.39, 0.29) is 11.3 Å². The number of hydrogen-bond acceptors (Lipinski definition) is 4. The summed E-state index contributed by atoms with van der Waals surface area (Å²) >= 11 is 0. The van der Waals surface area contributed by atoms with Gasteiger partial charge in [-0.2, -0.15) is 5.26 Å². The van der Waals surface area contributed by atoms with Crippen molar-refractivity contribution in [2.75, 3.05) is 24.6 Å². The van der Waals surface area contributed by atoms with E-state index in [2.05, 4.69) is 25.2 Å². The first kappa shape index (κ1) is 16.5. The molecule has 1 saturated heterocycles. The number of hydrogen-bond donors (Lipinski definition) is 1. The Morgan fingerprint density at radius 2 is 2.05 bits per heavy atom. The molecule has 110 valence electrons. The standard InChI is InChI=1S/C14H26N2O2S/c1-3-14(4-2,7-5-8-15)12-16-10-13-6-9-19(17,18)11-13/h13,16H,3-7,9-12H2,1-2H3. The summed E-state index contributed by atoms with van der Waals surface area (Å²) in [6.07, 6.45) is 4.43. The van der Waals surface area contributed by atoms with E-state index in [1.54, 1.807) is 0 Å². The van der Waals surface area contributed by atoms with Crippen LogP contribution in [0.4, 0.5) is 0 Å². The van der Waals surface area contributed by atoms with Gasteiger partial charge in [-0.1, -0.05) is 13.8 Å². The third-order valence-electron chi connectivity index (χ3n) is 4.53. The molecular weight excluding hydrogens is 260 g/mol. The highest BCUT2D eigenvalue weighted by Crippen LogP contribution is 2.31. The molecule has 0 radical (unpaired) electrons. The molecule has 1 fully saturated rings. The number of sulfone groups is 1. The fraction of sp³-hybridized carbons (Fsp3) is 0.929. The van der Waals surface area contributed by atoms with Crippen LogP contribution in [-0.2, 0) is 9.84 Å². The van der Waals surface area contributed by atoms with Crippen LogP contribution in [0.15, 0.2) is 0 Å². The lowest BCUT2D eigenvalue weighted by Gasteiger charge is -2.31. The van der Waals surface area contributed by atoms with Crippen LogP contribution in [-0.4, -0.2) is 33.0 Å². The molecule has 0 aromatic heterocycles. The Morgan fingerprint density at radius 3 is 2.53 bits per heavy atom. The molecule has 1 unspecified atom stereocenters. The molecule has 0 spiro atoms. The minimum atomic E-state index is -2.77. The maximum Gasteiger partial charge on any atom is 0.150 e. The highest BCUT2D eigenvalue weighted by molar-refractivity contribution is 7.91. The molecule has 1 rings (SSSR count). The summed E-state index contributed by atoms with van der Waals surface area (Å²) in [6.45, 7) is 6.01. The summed E-state index contributed by atoms with van der Waals surface area (Å²) < 4.78 is 22.8. The van der Waals surface area contributed by atoms with Crippen molar-refractivity contribution in [3.63, 3.8) is 0 Å². The Kier molecular flexibility index (Phi) is 6.28. The molecule has 1 aliphatic rings. The van der Waals surface area contributed by atoms with E-state index in [9.17, 15) is 8.42 Å². The van der Waals surface area contributed by atoms with Crippen LogP contribution >= 0.6 is 0 Å². The Labute approximate surface area is 117 Å². The summed E-state index contributed by atoms with van der Waals surface area (Å²) in [5.74, 6) is 0.955. The molecule has 4 nitrogen and oxygen atoms in total. The van der Waals surface area contributed by atoms with Gasteiger partial charge >= 0.3 is 0 Å². The Balaban J connectivity index is 2.38. The molecule has 1 heterocycles. The normalized spacial score (nSPS) is 22.3. The highest BCUT2D eigenvalue weighted by atomic mass is 32.2. The Hall–Kier alpha value is -0.600. The molecule has 0 bridgehead atoms. The van der Waals surface area contributed by atoms with Crippen LogP contribution in [0.3, 0.4) is 0 Å². The van der Waals surface area contributed by atoms with Gasteiger partial charge in [-0.15, -0.1) is 0 Å². The fourth-order valence-electron chi connectivity index (χ4n) is 2.84. The van der Waals surface area contributed by atoms with Gasteiger partial charge in [0, 0.05) is 13.0 Å². The summed E-state index contributed by atoms with van der Waals surface area (Å²) in [6, 6.07) is 2.23. The third-order valence-corrected chi connectivity index (χ3v) is 6.36. The summed E-state index contributed by atoms with van der Waals surface area (Å²) in [5, 5.41) is 12.2. The molecular formula is C14H26N2O2S. The van der Waals surface area contributed by atoms with Crippen molar-refractivity contribution in [1.82, 2.24) is 5.32 Å². The fourth-order valence-corrected chi connectivity index (χ4v) is 4.70. The van der Waals surface area contributed by atoms with Gasteiger partial charge < -0.3 is 5.32 Å². The van der Waals surface area contributed by atoms with Crippen molar-refractivity contribution in [1.29, 1.82) is 5.26 Å². The lowest BCUT2D eigenvalue weighted by atomic mass is 9.78. The molecule has 19 heavy (non-hydrogen) atoms. The second kappa shape index (κ2) is 7.25. The van der Waals surface area contributed by atoms with Crippen LogP contribution < -0.4 is 5.32 Å². The van der Waals surface area contributed by atoms with Crippen molar-refractivity contribution in [2.24, 2.45) is 11.3 Å². The van der Waals surface area contributed by atoms with Gasteiger partial charge in [0.2, 0.25) is 0 Å². The summed E-state index contributed by atoms with van der Waals surface area (Å²) in [4.78, 5) is 0. The van der Waals surface area contributed by atoms with E-state index in [0.717, 1.165) is 38.8 Å². The zero-order valence-electron chi connectivity index (χ0n) is 12.1. The van der Waals surface area contributed by atoms with E-state index < -0.39 is 9.84 Å². The minimum Gasteiger partial charge on any atom is -0.316 e. The number of rotatable bonds is 8. The van der Waals surface area contributed by atoms with Crippen molar-refractivity contribution in [3.05, 3.63) is 0 Å². The molecule has 1 N–H and O–H groups in total. The van der Waals surface area contributed by atoms with E-state index in [4.69, 9.17) is 5.26 Å². The number of nitrogens with one attached hydrogen (secondary N) is 1. The van der Waals surface area contributed by atoms with Gasteiger partial charge in [0.05, 0.1) is 17.6 Å². The SMILES string of the molecule is CCC(CC)(CCC#N)CNCC1CCS(=O)(=O)C1. The smallest absolute Gasteiger partial charge is 0.150 e. The molecule has 1 atom stereocenters. The van der Waals surface area contributed by atoms with Gasteiger partial charge in [-0.25, -0.2) is 8.42 Å². The average molecular weight is 286 g/mol. The topological polar surface area (TPSA) is 70.0 Å². The van der Waals surface area contributed by atoms with Crippen LogP contribution in [0.5, 0.6) is 0 Å². The van der Waals surface area contributed by atoms with Gasteiger partial charge in [-0.05, 0) is 43.6 Å². The minimum absolute atomic E-state index is 0.188. The monoisotopic (exact) mass is 286 g/mol. The number of nitrogens with zero attached hydrogens (tertiary/aromatic N) is 1. The largest absolute Gasteiger partial charge is 0.316 e. The lowest BCUT2D eigenvalue weighted by Crippen LogP contribution is -2.36. The summed E-state index contributed by atoms with van der Waals surface area (Å²) in [7, 11) is -2.77.